The van der Waals surface area contributed by atoms with Gasteiger partial charge in [-0.15, -0.1) is 0 Å². The van der Waals surface area contributed by atoms with Gasteiger partial charge in [-0.2, -0.15) is 0 Å². The van der Waals surface area contributed by atoms with Gasteiger partial charge in [0.15, 0.2) is 0 Å². The van der Waals surface area contributed by atoms with Crippen LogP contribution in [0.2, 0.25) is 0 Å². The van der Waals surface area contributed by atoms with Crippen molar-refractivity contribution in [2.75, 3.05) is 33.4 Å². The molecular formula is C12H24N2O. The number of hydrogen-bond acceptors (Lipinski definition) is 3. The SMILES string of the molecule is CCC1CNCC1N(CCOC)C1CC1. The molecule has 0 amide bonds. The highest BCUT2D eigenvalue weighted by molar-refractivity contribution is 4.95. The second-order valence-electron chi connectivity index (χ2n) is 4.86. The highest BCUT2D eigenvalue weighted by Crippen LogP contribution is 2.32. The molecule has 2 aliphatic rings. The summed E-state index contributed by atoms with van der Waals surface area (Å²) in [6.07, 6.45) is 4.10. The molecule has 2 rings (SSSR count). The summed E-state index contributed by atoms with van der Waals surface area (Å²) in [5.74, 6) is 0.849. The first kappa shape index (κ1) is 11.4. The van der Waals surface area contributed by atoms with E-state index < -0.39 is 0 Å². The molecule has 0 aromatic heterocycles. The van der Waals surface area contributed by atoms with Crippen LogP contribution >= 0.6 is 0 Å². The van der Waals surface area contributed by atoms with Gasteiger partial charge in [0.2, 0.25) is 0 Å². The molecule has 2 atom stereocenters. The first-order valence-electron chi connectivity index (χ1n) is 6.32. The van der Waals surface area contributed by atoms with E-state index >= 15 is 0 Å². The van der Waals surface area contributed by atoms with Crippen LogP contribution in [0.25, 0.3) is 0 Å². The molecule has 1 heterocycles. The summed E-state index contributed by atoms with van der Waals surface area (Å²) < 4.78 is 5.22. The van der Waals surface area contributed by atoms with Crippen LogP contribution in [0.5, 0.6) is 0 Å². The lowest BCUT2D eigenvalue weighted by atomic mass is 9.99. The normalized spacial score (nSPS) is 31.4. The van der Waals surface area contributed by atoms with Crippen LogP contribution in [-0.2, 0) is 4.74 Å². The third-order valence-electron chi connectivity index (χ3n) is 3.82. The van der Waals surface area contributed by atoms with Crippen molar-refractivity contribution in [2.45, 2.75) is 38.3 Å². The van der Waals surface area contributed by atoms with Crippen LogP contribution in [0.3, 0.4) is 0 Å². The smallest absolute Gasteiger partial charge is 0.0589 e. The van der Waals surface area contributed by atoms with Crippen molar-refractivity contribution < 1.29 is 4.74 Å². The molecule has 1 aliphatic carbocycles. The predicted octanol–water partition coefficient (Wildman–Crippen LogP) is 1.10. The van der Waals surface area contributed by atoms with Gasteiger partial charge in [-0.25, -0.2) is 0 Å². The zero-order valence-corrected chi connectivity index (χ0v) is 10.0. The summed E-state index contributed by atoms with van der Waals surface area (Å²) in [7, 11) is 1.80. The Morgan fingerprint density at radius 1 is 1.33 bits per heavy atom. The van der Waals surface area contributed by atoms with Crippen LogP contribution in [0, 0.1) is 5.92 Å². The van der Waals surface area contributed by atoms with Gasteiger partial charge in [-0.3, -0.25) is 4.90 Å². The van der Waals surface area contributed by atoms with E-state index in [9.17, 15) is 0 Å². The molecule has 88 valence electrons. The fourth-order valence-electron chi connectivity index (χ4n) is 2.75. The van der Waals surface area contributed by atoms with E-state index in [1.165, 1.54) is 32.4 Å². The predicted molar refractivity (Wildman–Crippen MR) is 62.0 cm³/mol. The first-order valence-corrected chi connectivity index (χ1v) is 6.32. The van der Waals surface area contributed by atoms with Gasteiger partial charge < -0.3 is 10.1 Å². The van der Waals surface area contributed by atoms with Gasteiger partial charge in [0, 0.05) is 32.3 Å². The number of methoxy groups -OCH3 is 1. The minimum Gasteiger partial charge on any atom is -0.383 e. The lowest BCUT2D eigenvalue weighted by Crippen LogP contribution is -2.43. The quantitative estimate of drug-likeness (QED) is 0.713. The van der Waals surface area contributed by atoms with E-state index in [0.29, 0.717) is 0 Å². The zero-order valence-electron chi connectivity index (χ0n) is 10.0. The van der Waals surface area contributed by atoms with Gasteiger partial charge >= 0.3 is 0 Å². The number of rotatable bonds is 6. The van der Waals surface area contributed by atoms with Gasteiger partial charge in [-0.05, 0) is 25.3 Å². The monoisotopic (exact) mass is 212 g/mol. The van der Waals surface area contributed by atoms with Gasteiger partial charge in [-0.1, -0.05) is 13.3 Å². The van der Waals surface area contributed by atoms with Crippen molar-refractivity contribution in [2.24, 2.45) is 5.92 Å². The van der Waals surface area contributed by atoms with Crippen molar-refractivity contribution in [1.29, 1.82) is 0 Å². The molecule has 0 bridgehead atoms. The molecule has 1 saturated heterocycles. The molecule has 1 saturated carbocycles. The Labute approximate surface area is 93.2 Å². The Morgan fingerprint density at radius 2 is 2.13 bits per heavy atom. The van der Waals surface area contributed by atoms with Crippen LogP contribution in [0.15, 0.2) is 0 Å². The van der Waals surface area contributed by atoms with Crippen LogP contribution < -0.4 is 5.32 Å². The van der Waals surface area contributed by atoms with Crippen molar-refractivity contribution in [3.05, 3.63) is 0 Å². The van der Waals surface area contributed by atoms with Crippen molar-refractivity contribution in [1.82, 2.24) is 10.2 Å². The minimum atomic E-state index is 0.762. The third-order valence-corrected chi connectivity index (χ3v) is 3.82. The molecule has 2 unspecified atom stereocenters. The van der Waals surface area contributed by atoms with E-state index in [1.54, 1.807) is 7.11 Å². The summed E-state index contributed by atoms with van der Waals surface area (Å²) >= 11 is 0. The van der Waals surface area contributed by atoms with Crippen molar-refractivity contribution in [3.63, 3.8) is 0 Å². The van der Waals surface area contributed by atoms with E-state index in [4.69, 9.17) is 4.74 Å². The van der Waals surface area contributed by atoms with Gasteiger partial charge in [0.05, 0.1) is 6.61 Å². The Hall–Kier alpha value is -0.120. The average Bonchev–Trinajstić information content (AvgIpc) is 2.97. The molecule has 0 aromatic carbocycles. The topological polar surface area (TPSA) is 24.5 Å². The Morgan fingerprint density at radius 3 is 2.73 bits per heavy atom. The Balaban J connectivity index is 1.90. The largest absolute Gasteiger partial charge is 0.383 e. The lowest BCUT2D eigenvalue weighted by molar-refractivity contribution is 0.102. The minimum absolute atomic E-state index is 0.762. The highest BCUT2D eigenvalue weighted by atomic mass is 16.5. The lowest BCUT2D eigenvalue weighted by Gasteiger charge is -2.32. The highest BCUT2D eigenvalue weighted by Gasteiger charge is 2.38. The molecule has 0 radical (unpaired) electrons. The Bertz CT molecular complexity index is 194. The summed E-state index contributed by atoms with van der Waals surface area (Å²) in [6.45, 7) is 6.69. The summed E-state index contributed by atoms with van der Waals surface area (Å²) in [4.78, 5) is 2.69. The molecule has 0 spiro atoms. The Kier molecular flexibility index (Phi) is 4.00. The van der Waals surface area contributed by atoms with Crippen molar-refractivity contribution in [3.8, 4) is 0 Å². The fraction of sp³-hybridized carbons (Fsp3) is 1.00. The standard InChI is InChI=1S/C12H24N2O/c1-3-10-8-13-9-12(10)14(6-7-15-2)11-4-5-11/h10-13H,3-9H2,1-2H3. The number of ether oxygens (including phenoxy) is 1. The van der Waals surface area contributed by atoms with Crippen LogP contribution in [-0.4, -0.2) is 50.3 Å². The molecule has 15 heavy (non-hydrogen) atoms. The molecule has 1 N–H and O–H groups in total. The van der Waals surface area contributed by atoms with Crippen molar-refractivity contribution >= 4 is 0 Å². The summed E-state index contributed by atoms with van der Waals surface area (Å²) in [6, 6.07) is 1.62. The second kappa shape index (κ2) is 5.28. The number of nitrogens with one attached hydrogen (secondary N) is 1. The van der Waals surface area contributed by atoms with E-state index in [0.717, 1.165) is 31.2 Å². The fourth-order valence-corrected chi connectivity index (χ4v) is 2.75. The summed E-state index contributed by atoms with van der Waals surface area (Å²) in [5, 5.41) is 3.53. The van der Waals surface area contributed by atoms with Crippen LogP contribution in [0.4, 0.5) is 0 Å². The third kappa shape index (κ3) is 2.71. The average molecular weight is 212 g/mol. The number of nitrogens with zero attached hydrogens (tertiary/aromatic N) is 1. The van der Waals surface area contributed by atoms with E-state index in [-0.39, 0.29) is 0 Å². The zero-order chi connectivity index (χ0) is 10.7. The van der Waals surface area contributed by atoms with E-state index in [1.807, 2.05) is 0 Å². The second-order valence-corrected chi connectivity index (χ2v) is 4.86. The molecule has 0 aromatic rings. The van der Waals surface area contributed by atoms with E-state index in [2.05, 4.69) is 17.1 Å². The van der Waals surface area contributed by atoms with Crippen LogP contribution in [0.1, 0.15) is 26.2 Å². The molecular weight excluding hydrogens is 188 g/mol. The molecule has 1 aliphatic heterocycles. The molecule has 2 fully saturated rings. The molecule has 3 heteroatoms. The van der Waals surface area contributed by atoms with Gasteiger partial charge in [0.25, 0.3) is 0 Å². The number of hydrogen-bond donors (Lipinski definition) is 1. The first-order chi connectivity index (χ1) is 7.36. The summed E-state index contributed by atoms with van der Waals surface area (Å²) in [5.41, 5.74) is 0. The molecule has 3 nitrogen and oxygen atoms in total. The maximum atomic E-state index is 5.22. The maximum Gasteiger partial charge on any atom is 0.0589 e. The van der Waals surface area contributed by atoms with Gasteiger partial charge in [0.1, 0.15) is 0 Å². The maximum absolute atomic E-state index is 5.22.